The van der Waals surface area contributed by atoms with E-state index in [1.54, 1.807) is 44.0 Å². The smallest absolute Gasteiger partial charge is 0.306 e. The van der Waals surface area contributed by atoms with E-state index >= 15 is 0 Å². The van der Waals surface area contributed by atoms with E-state index in [0.717, 1.165) is 5.56 Å². The number of anilines is 1. The van der Waals surface area contributed by atoms with E-state index in [9.17, 15) is 9.59 Å². The molecule has 2 aromatic rings. The lowest BCUT2D eigenvalue weighted by molar-refractivity contribution is -0.147. The minimum Gasteiger partial charge on any atom is -0.452 e. The number of hydrogen-bond acceptors (Lipinski definition) is 3. The molecule has 0 fully saturated rings. The Morgan fingerprint density at radius 3 is 2.36 bits per heavy atom. The summed E-state index contributed by atoms with van der Waals surface area (Å²) in [5, 5.41) is 0.518. The number of amides is 1. The fourth-order valence-electron chi connectivity index (χ4n) is 2.57. The van der Waals surface area contributed by atoms with Crippen molar-refractivity contribution in [3.63, 3.8) is 0 Å². The first-order chi connectivity index (χ1) is 12.0. The van der Waals surface area contributed by atoms with E-state index in [-0.39, 0.29) is 18.3 Å². The van der Waals surface area contributed by atoms with Crippen molar-refractivity contribution in [2.24, 2.45) is 0 Å². The first kappa shape index (κ1) is 19.0. The van der Waals surface area contributed by atoms with Crippen LogP contribution in [0.1, 0.15) is 43.9 Å². The first-order valence-corrected chi connectivity index (χ1v) is 8.66. The predicted octanol–water partition coefficient (Wildman–Crippen LogP) is 4.76. The number of nitrogens with zero attached hydrogens (tertiary/aromatic N) is 1. The molecule has 0 saturated heterocycles. The molecule has 4 nitrogen and oxygen atoms in total. The van der Waals surface area contributed by atoms with Crippen molar-refractivity contribution in [1.29, 1.82) is 0 Å². The topological polar surface area (TPSA) is 46.6 Å². The Balaban J connectivity index is 2.57. The van der Waals surface area contributed by atoms with Gasteiger partial charge in [-0.2, -0.15) is 0 Å². The van der Waals surface area contributed by atoms with Crippen LogP contribution in [0.2, 0.25) is 5.02 Å². The van der Waals surface area contributed by atoms with Gasteiger partial charge in [0.15, 0.2) is 6.10 Å². The van der Waals surface area contributed by atoms with Gasteiger partial charge in [0.05, 0.1) is 5.69 Å². The van der Waals surface area contributed by atoms with Crippen LogP contribution in [0.15, 0.2) is 48.5 Å². The molecule has 25 heavy (non-hydrogen) atoms. The number of ether oxygens (including phenoxy) is 1. The van der Waals surface area contributed by atoms with Crippen molar-refractivity contribution in [3.05, 3.63) is 64.7 Å². The highest BCUT2D eigenvalue weighted by Gasteiger charge is 2.24. The van der Waals surface area contributed by atoms with Gasteiger partial charge in [0.25, 0.3) is 0 Å². The molecular formula is C20H22ClNO3. The third kappa shape index (κ3) is 4.60. The van der Waals surface area contributed by atoms with E-state index < -0.39 is 6.10 Å². The summed E-state index contributed by atoms with van der Waals surface area (Å²) in [6.07, 6.45) is 0.0150. The summed E-state index contributed by atoms with van der Waals surface area (Å²) in [5.41, 5.74) is 2.18. The highest BCUT2D eigenvalue weighted by atomic mass is 35.5. The zero-order valence-electron chi connectivity index (χ0n) is 14.7. The van der Waals surface area contributed by atoms with Gasteiger partial charge in [-0.1, -0.05) is 55.8 Å². The van der Waals surface area contributed by atoms with Gasteiger partial charge in [0.2, 0.25) is 5.91 Å². The van der Waals surface area contributed by atoms with Gasteiger partial charge < -0.3 is 9.64 Å². The molecule has 1 atom stereocenters. The maximum Gasteiger partial charge on any atom is 0.306 e. The van der Waals surface area contributed by atoms with Crippen LogP contribution in [0.3, 0.4) is 0 Å². The lowest BCUT2D eigenvalue weighted by Gasteiger charge is -2.26. The Kier molecular flexibility index (Phi) is 6.59. The minimum atomic E-state index is -0.630. The average molecular weight is 360 g/mol. The van der Waals surface area contributed by atoms with Gasteiger partial charge in [-0.15, -0.1) is 0 Å². The standard InChI is InChI=1S/C20H22ClNO3/c1-4-18(23)22(3)17-12-11-15(21)13-16(17)20(25-19(24)5-2)14-9-7-6-8-10-14/h6-13,20H,4-5H2,1-3H3. The Morgan fingerprint density at radius 1 is 1.08 bits per heavy atom. The molecule has 2 aromatic carbocycles. The number of rotatable bonds is 6. The zero-order valence-corrected chi connectivity index (χ0v) is 15.4. The highest BCUT2D eigenvalue weighted by Crippen LogP contribution is 2.35. The summed E-state index contributed by atoms with van der Waals surface area (Å²) in [5.74, 6) is -0.346. The lowest BCUT2D eigenvalue weighted by atomic mass is 9.99. The monoisotopic (exact) mass is 359 g/mol. The van der Waals surface area contributed by atoms with Crippen LogP contribution in [0.4, 0.5) is 5.69 Å². The summed E-state index contributed by atoms with van der Waals surface area (Å²) in [7, 11) is 1.71. The lowest BCUT2D eigenvalue weighted by Crippen LogP contribution is -2.27. The van der Waals surface area contributed by atoms with Crippen LogP contribution in [-0.4, -0.2) is 18.9 Å². The number of carbonyl (C=O) groups excluding carboxylic acids is 2. The second kappa shape index (κ2) is 8.67. The Hall–Kier alpha value is -2.33. The summed E-state index contributed by atoms with van der Waals surface area (Å²) >= 11 is 6.19. The summed E-state index contributed by atoms with van der Waals surface area (Å²) in [4.78, 5) is 25.7. The van der Waals surface area contributed by atoms with Crippen LogP contribution in [-0.2, 0) is 14.3 Å². The SMILES string of the molecule is CCC(=O)OC(c1ccccc1)c1cc(Cl)ccc1N(C)C(=O)CC. The van der Waals surface area contributed by atoms with Gasteiger partial charge in [-0.05, 0) is 23.8 Å². The Morgan fingerprint density at radius 2 is 1.76 bits per heavy atom. The molecule has 0 saturated carbocycles. The van der Waals surface area contributed by atoms with Gasteiger partial charge in [-0.3, -0.25) is 9.59 Å². The van der Waals surface area contributed by atoms with Crippen molar-refractivity contribution in [2.45, 2.75) is 32.8 Å². The molecule has 5 heteroatoms. The Labute approximate surface area is 153 Å². The van der Waals surface area contributed by atoms with Gasteiger partial charge in [0, 0.05) is 30.5 Å². The molecule has 0 heterocycles. The number of hydrogen-bond donors (Lipinski definition) is 0. The van der Waals surface area contributed by atoms with Crippen LogP contribution in [0.5, 0.6) is 0 Å². The van der Waals surface area contributed by atoms with Crippen LogP contribution in [0, 0.1) is 0 Å². The maximum absolute atomic E-state index is 12.2. The summed E-state index contributed by atoms with van der Waals surface area (Å²) < 4.78 is 5.70. The van der Waals surface area contributed by atoms with Crippen LogP contribution < -0.4 is 4.90 Å². The number of benzene rings is 2. The van der Waals surface area contributed by atoms with Gasteiger partial charge in [0.1, 0.15) is 0 Å². The van der Waals surface area contributed by atoms with Crippen molar-refractivity contribution < 1.29 is 14.3 Å². The summed E-state index contributed by atoms with van der Waals surface area (Å²) in [6.45, 7) is 3.55. The molecule has 1 unspecified atom stereocenters. The molecule has 0 aliphatic heterocycles. The molecule has 2 rings (SSSR count). The van der Waals surface area contributed by atoms with E-state index in [1.165, 1.54) is 0 Å². The molecule has 0 aliphatic carbocycles. The predicted molar refractivity (Wildman–Crippen MR) is 99.8 cm³/mol. The quantitative estimate of drug-likeness (QED) is 0.699. The minimum absolute atomic E-state index is 0.0304. The number of carbonyl (C=O) groups is 2. The molecule has 0 aliphatic rings. The van der Waals surface area contributed by atoms with Crippen LogP contribution >= 0.6 is 11.6 Å². The van der Waals surface area contributed by atoms with E-state index in [4.69, 9.17) is 16.3 Å². The van der Waals surface area contributed by atoms with Crippen molar-refractivity contribution >= 4 is 29.2 Å². The molecule has 0 aromatic heterocycles. The molecule has 1 amide bonds. The molecular weight excluding hydrogens is 338 g/mol. The summed E-state index contributed by atoms with van der Waals surface area (Å²) in [6, 6.07) is 14.7. The van der Waals surface area contributed by atoms with Gasteiger partial charge in [-0.25, -0.2) is 0 Å². The fraction of sp³-hybridized carbons (Fsp3) is 0.300. The molecule has 0 spiro atoms. The normalized spacial score (nSPS) is 11.7. The maximum atomic E-state index is 12.2. The second-order valence-corrected chi connectivity index (χ2v) is 6.08. The fourth-order valence-corrected chi connectivity index (χ4v) is 2.75. The van der Waals surface area contributed by atoms with E-state index in [2.05, 4.69) is 0 Å². The van der Waals surface area contributed by atoms with Gasteiger partial charge >= 0.3 is 5.97 Å². The van der Waals surface area contributed by atoms with E-state index in [1.807, 2.05) is 30.3 Å². The third-order valence-corrected chi connectivity index (χ3v) is 4.19. The molecule has 0 N–H and O–H groups in total. The second-order valence-electron chi connectivity index (χ2n) is 5.64. The average Bonchev–Trinajstić information content (AvgIpc) is 2.65. The Bertz CT molecular complexity index is 746. The first-order valence-electron chi connectivity index (χ1n) is 8.28. The zero-order chi connectivity index (χ0) is 18.4. The number of halogens is 1. The molecule has 0 radical (unpaired) electrons. The van der Waals surface area contributed by atoms with Crippen molar-refractivity contribution in [1.82, 2.24) is 0 Å². The van der Waals surface area contributed by atoms with E-state index in [0.29, 0.717) is 22.7 Å². The molecule has 0 bridgehead atoms. The van der Waals surface area contributed by atoms with Crippen molar-refractivity contribution in [2.75, 3.05) is 11.9 Å². The largest absolute Gasteiger partial charge is 0.452 e. The third-order valence-electron chi connectivity index (χ3n) is 3.95. The van der Waals surface area contributed by atoms with Crippen LogP contribution in [0.25, 0.3) is 0 Å². The van der Waals surface area contributed by atoms with Crippen molar-refractivity contribution in [3.8, 4) is 0 Å². The molecule has 132 valence electrons. The highest BCUT2D eigenvalue weighted by molar-refractivity contribution is 6.30. The number of esters is 1.